The van der Waals surface area contributed by atoms with Gasteiger partial charge in [0.1, 0.15) is 5.75 Å². The molecule has 5 heteroatoms. The average molecular weight is 482 g/mol. The first-order valence-electron chi connectivity index (χ1n) is 10.2. The minimum absolute atomic E-state index is 0.740. The summed E-state index contributed by atoms with van der Waals surface area (Å²) in [7, 11) is 1.68. The maximum Gasteiger partial charge on any atom is 0.156 e. The summed E-state index contributed by atoms with van der Waals surface area (Å²) < 4.78 is 8.52. The highest BCUT2D eigenvalue weighted by atomic mass is 79.9. The van der Waals surface area contributed by atoms with Crippen molar-refractivity contribution in [2.24, 2.45) is 4.99 Å². The number of halogens is 1. The fourth-order valence-electron chi connectivity index (χ4n) is 3.70. The lowest BCUT2D eigenvalue weighted by molar-refractivity contribution is 0.415. The largest absolute Gasteiger partial charge is 0.496 e. The van der Waals surface area contributed by atoms with Gasteiger partial charge >= 0.3 is 0 Å². The molecule has 4 nitrogen and oxygen atoms in total. The molecule has 0 amide bonds. The van der Waals surface area contributed by atoms with Crippen LogP contribution < -0.4 is 4.74 Å². The topological polar surface area (TPSA) is 39.4 Å². The molecule has 5 aromatic rings. The van der Waals surface area contributed by atoms with Crippen LogP contribution in [-0.4, -0.2) is 23.1 Å². The van der Waals surface area contributed by atoms with Crippen molar-refractivity contribution in [2.45, 2.75) is 0 Å². The number of para-hydroxylation sites is 1. The van der Waals surface area contributed by atoms with Crippen LogP contribution in [0.3, 0.4) is 0 Å². The van der Waals surface area contributed by atoms with Gasteiger partial charge in [-0.15, -0.1) is 0 Å². The van der Waals surface area contributed by atoms with Crippen LogP contribution in [0.15, 0.2) is 107 Å². The summed E-state index contributed by atoms with van der Waals surface area (Å²) in [5, 5.41) is 7.09. The Morgan fingerprint density at radius 1 is 0.875 bits per heavy atom. The van der Waals surface area contributed by atoms with Crippen molar-refractivity contribution in [3.05, 3.63) is 107 Å². The minimum atomic E-state index is 0.740. The first-order valence-corrected chi connectivity index (χ1v) is 11.0. The highest BCUT2D eigenvalue weighted by molar-refractivity contribution is 9.10. The van der Waals surface area contributed by atoms with E-state index in [1.165, 1.54) is 0 Å². The van der Waals surface area contributed by atoms with Crippen molar-refractivity contribution >= 4 is 38.7 Å². The smallest absolute Gasteiger partial charge is 0.156 e. The number of methoxy groups -OCH3 is 1. The van der Waals surface area contributed by atoms with Crippen LogP contribution >= 0.6 is 15.9 Å². The SMILES string of the molecule is COc1ccc2ccccc2c1C=Nc1cc(-c2ccc(Br)cc2)nn1-c1ccccc1. The molecule has 4 aromatic carbocycles. The fourth-order valence-corrected chi connectivity index (χ4v) is 3.97. The van der Waals surface area contributed by atoms with Crippen LogP contribution in [-0.2, 0) is 0 Å². The molecular formula is C27H20BrN3O. The molecule has 1 aromatic heterocycles. The number of fused-ring (bicyclic) bond motifs is 1. The van der Waals surface area contributed by atoms with Crippen LogP contribution in [0.5, 0.6) is 5.75 Å². The summed E-state index contributed by atoms with van der Waals surface area (Å²) in [4.78, 5) is 4.86. The van der Waals surface area contributed by atoms with Gasteiger partial charge in [0, 0.05) is 27.9 Å². The van der Waals surface area contributed by atoms with E-state index in [0.29, 0.717) is 0 Å². The van der Waals surface area contributed by atoms with Crippen molar-refractivity contribution < 1.29 is 4.74 Å². The molecule has 0 bridgehead atoms. The highest BCUT2D eigenvalue weighted by Crippen LogP contribution is 2.30. The quantitative estimate of drug-likeness (QED) is 0.248. The lowest BCUT2D eigenvalue weighted by Crippen LogP contribution is -1.97. The summed E-state index contributed by atoms with van der Waals surface area (Å²) >= 11 is 3.50. The lowest BCUT2D eigenvalue weighted by Gasteiger charge is -2.08. The third kappa shape index (κ3) is 3.95. The molecule has 156 valence electrons. The summed E-state index contributed by atoms with van der Waals surface area (Å²) in [5.74, 6) is 1.52. The predicted octanol–water partition coefficient (Wildman–Crippen LogP) is 7.21. The second-order valence-corrected chi connectivity index (χ2v) is 8.22. The molecule has 0 aliphatic rings. The molecule has 0 aliphatic carbocycles. The van der Waals surface area contributed by atoms with Gasteiger partial charge in [0.25, 0.3) is 0 Å². The van der Waals surface area contributed by atoms with Crippen LogP contribution in [0.2, 0.25) is 0 Å². The van der Waals surface area contributed by atoms with Gasteiger partial charge < -0.3 is 4.74 Å². The van der Waals surface area contributed by atoms with Gasteiger partial charge in [-0.2, -0.15) is 5.10 Å². The molecule has 5 rings (SSSR count). The first-order chi connectivity index (χ1) is 15.7. The molecule has 1 heterocycles. The molecule has 0 aliphatic heterocycles. The first kappa shape index (κ1) is 20.2. The Balaban J connectivity index is 1.64. The van der Waals surface area contributed by atoms with Crippen molar-refractivity contribution in [2.75, 3.05) is 7.11 Å². The molecule has 0 spiro atoms. The Bertz CT molecular complexity index is 1410. The zero-order valence-electron chi connectivity index (χ0n) is 17.4. The van der Waals surface area contributed by atoms with Crippen molar-refractivity contribution in [3.8, 4) is 22.7 Å². The lowest BCUT2D eigenvalue weighted by atomic mass is 10.0. The van der Waals surface area contributed by atoms with Crippen LogP contribution in [0, 0.1) is 0 Å². The maximum atomic E-state index is 5.62. The molecular weight excluding hydrogens is 462 g/mol. The van der Waals surface area contributed by atoms with E-state index in [2.05, 4.69) is 34.1 Å². The molecule has 0 atom stereocenters. The summed E-state index contributed by atoms with van der Waals surface area (Å²) in [6.45, 7) is 0. The van der Waals surface area contributed by atoms with E-state index >= 15 is 0 Å². The Morgan fingerprint density at radius 2 is 1.62 bits per heavy atom. The van der Waals surface area contributed by atoms with E-state index in [9.17, 15) is 0 Å². The average Bonchev–Trinajstić information content (AvgIpc) is 3.27. The van der Waals surface area contributed by atoms with Crippen LogP contribution in [0.1, 0.15) is 5.56 Å². The molecule has 0 radical (unpaired) electrons. The molecule has 0 unspecified atom stereocenters. The van der Waals surface area contributed by atoms with Gasteiger partial charge in [-0.3, -0.25) is 0 Å². The van der Waals surface area contributed by atoms with Gasteiger partial charge in [-0.05, 0) is 41.1 Å². The number of aromatic nitrogens is 2. The van der Waals surface area contributed by atoms with Gasteiger partial charge in [0.15, 0.2) is 5.82 Å². The number of benzene rings is 4. The Hall–Kier alpha value is -3.70. The van der Waals surface area contributed by atoms with Crippen LogP contribution in [0.25, 0.3) is 27.7 Å². The summed E-state index contributed by atoms with van der Waals surface area (Å²) in [6, 6.07) is 32.4. The Kier molecular flexibility index (Phi) is 5.57. The number of rotatable bonds is 5. The monoisotopic (exact) mass is 481 g/mol. The normalized spacial score (nSPS) is 11.3. The zero-order chi connectivity index (χ0) is 21.9. The Labute approximate surface area is 194 Å². The molecule has 32 heavy (non-hydrogen) atoms. The number of nitrogens with zero attached hydrogens (tertiary/aromatic N) is 3. The van der Waals surface area contributed by atoms with Gasteiger partial charge in [0.2, 0.25) is 0 Å². The second kappa shape index (κ2) is 8.81. The third-order valence-corrected chi connectivity index (χ3v) is 5.84. The van der Waals surface area contributed by atoms with E-state index in [-0.39, 0.29) is 0 Å². The van der Waals surface area contributed by atoms with E-state index in [4.69, 9.17) is 14.8 Å². The minimum Gasteiger partial charge on any atom is -0.496 e. The second-order valence-electron chi connectivity index (χ2n) is 7.30. The van der Waals surface area contributed by atoms with Gasteiger partial charge in [0.05, 0.1) is 18.5 Å². The van der Waals surface area contributed by atoms with Crippen molar-refractivity contribution in [3.63, 3.8) is 0 Å². The number of hydrogen-bond donors (Lipinski definition) is 0. The van der Waals surface area contributed by atoms with Crippen molar-refractivity contribution in [1.29, 1.82) is 0 Å². The standard InChI is InChI=1S/C27H20BrN3O/c1-32-26-16-13-19-7-5-6-10-23(19)24(26)18-29-27-17-25(20-11-14-21(28)15-12-20)30-31(27)22-8-3-2-4-9-22/h2-18H,1H3. The van der Waals surface area contributed by atoms with Gasteiger partial charge in [-0.25, -0.2) is 9.67 Å². The summed E-state index contributed by atoms with van der Waals surface area (Å²) in [5.41, 5.74) is 3.78. The maximum absolute atomic E-state index is 5.62. The number of ether oxygens (including phenoxy) is 1. The number of hydrogen-bond acceptors (Lipinski definition) is 3. The van der Waals surface area contributed by atoms with E-state index in [1.54, 1.807) is 7.11 Å². The van der Waals surface area contributed by atoms with E-state index < -0.39 is 0 Å². The third-order valence-electron chi connectivity index (χ3n) is 5.31. The Morgan fingerprint density at radius 3 is 2.41 bits per heavy atom. The molecule has 0 saturated carbocycles. The van der Waals surface area contributed by atoms with E-state index in [0.717, 1.165) is 49.3 Å². The molecule has 0 saturated heterocycles. The van der Waals surface area contributed by atoms with Gasteiger partial charge in [-0.1, -0.05) is 76.6 Å². The zero-order valence-corrected chi connectivity index (χ0v) is 19.0. The summed E-state index contributed by atoms with van der Waals surface area (Å²) in [6.07, 6.45) is 1.86. The predicted molar refractivity (Wildman–Crippen MR) is 134 cm³/mol. The molecule has 0 N–H and O–H groups in total. The number of aliphatic imine (C=N–C) groups is 1. The fraction of sp³-hybridized carbons (Fsp3) is 0.0370. The van der Waals surface area contributed by atoms with Crippen LogP contribution in [0.4, 0.5) is 5.82 Å². The van der Waals surface area contributed by atoms with E-state index in [1.807, 2.05) is 89.8 Å². The molecule has 0 fully saturated rings. The van der Waals surface area contributed by atoms with Crippen molar-refractivity contribution in [1.82, 2.24) is 9.78 Å². The highest BCUT2D eigenvalue weighted by Gasteiger charge is 2.12.